The molecule has 0 aromatic heterocycles. The zero-order chi connectivity index (χ0) is 25.1. The van der Waals surface area contributed by atoms with E-state index in [9.17, 15) is 5.11 Å². The van der Waals surface area contributed by atoms with E-state index in [4.69, 9.17) is 10.5 Å². The average molecular weight is 482 g/mol. The van der Waals surface area contributed by atoms with Gasteiger partial charge in [-0.2, -0.15) is 0 Å². The number of hydrogen-bond acceptors (Lipinski definition) is 3. The molecule has 1 heterocycles. The van der Waals surface area contributed by atoms with Crippen molar-refractivity contribution in [2.45, 2.75) is 50.5 Å². The van der Waals surface area contributed by atoms with E-state index in [1.54, 1.807) is 0 Å². The van der Waals surface area contributed by atoms with Gasteiger partial charge in [0, 0.05) is 37.5 Å². The predicted octanol–water partition coefficient (Wildman–Crippen LogP) is 5.95. The van der Waals surface area contributed by atoms with E-state index in [0.29, 0.717) is 17.6 Å². The number of phenolic OH excluding ortho intramolecular Hbond substituents is 1. The summed E-state index contributed by atoms with van der Waals surface area (Å²) in [6, 6.07) is 25.3. The van der Waals surface area contributed by atoms with Gasteiger partial charge < -0.3 is 20.5 Å². The lowest BCUT2D eigenvalue weighted by atomic mass is 9.69. The molecule has 3 aromatic rings. The van der Waals surface area contributed by atoms with E-state index in [1.165, 1.54) is 22.3 Å². The third-order valence-electron chi connectivity index (χ3n) is 7.43. The number of rotatable bonds is 5. The Balaban J connectivity index is 1.32. The van der Waals surface area contributed by atoms with Crippen LogP contribution in [0, 0.1) is 0 Å². The number of nitrogens with zero attached hydrogens (tertiary/aromatic N) is 2. The number of aromatic hydroxyl groups is 1. The van der Waals surface area contributed by atoms with Crippen LogP contribution < -0.4 is 10.5 Å². The fourth-order valence-corrected chi connectivity index (χ4v) is 5.69. The largest absolute Gasteiger partial charge is 0.508 e. The zero-order valence-corrected chi connectivity index (χ0v) is 20.9. The number of hydrogen-bond donors (Lipinski definition) is 2. The maximum Gasteiger partial charge on any atom is 0.196 e. The van der Waals surface area contributed by atoms with Crippen molar-refractivity contribution in [1.82, 2.24) is 4.90 Å². The number of nitrogens with two attached hydrogens (primary N) is 1. The van der Waals surface area contributed by atoms with Crippen LogP contribution in [0.15, 0.2) is 90.1 Å². The Morgan fingerprint density at radius 1 is 0.972 bits per heavy atom. The molecule has 3 aromatic carbocycles. The summed E-state index contributed by atoms with van der Waals surface area (Å²) in [5.41, 5.74) is 12.0. The first-order chi connectivity index (χ1) is 17.5. The number of likely N-dealkylation sites (tertiary alicyclic amines) is 1. The minimum atomic E-state index is 0.167. The summed E-state index contributed by atoms with van der Waals surface area (Å²) in [4.78, 5) is 6.38. The van der Waals surface area contributed by atoms with Gasteiger partial charge in [-0.25, -0.2) is 4.99 Å². The molecule has 0 amide bonds. The molecule has 186 valence electrons. The van der Waals surface area contributed by atoms with Gasteiger partial charge in [0.05, 0.1) is 0 Å². The Bertz CT molecular complexity index is 1230. The van der Waals surface area contributed by atoms with Crippen molar-refractivity contribution in [1.29, 1.82) is 0 Å². The summed E-state index contributed by atoms with van der Waals surface area (Å²) in [6.07, 6.45) is 4.01. The number of allylic oxidation sites excluding steroid dienone is 1. The molecule has 0 saturated carbocycles. The fraction of sp³-hybridized carbons (Fsp3) is 0.323. The molecule has 36 heavy (non-hydrogen) atoms. The number of phenols is 1. The lowest BCUT2D eigenvalue weighted by molar-refractivity contribution is 0.130. The Labute approximate surface area is 213 Å². The Morgan fingerprint density at radius 3 is 2.39 bits per heavy atom. The normalized spacial score (nSPS) is 20.6. The molecule has 0 radical (unpaired) electrons. The van der Waals surface area contributed by atoms with Crippen molar-refractivity contribution in [3.05, 3.63) is 107 Å². The summed E-state index contributed by atoms with van der Waals surface area (Å²) in [7, 11) is 0. The Kier molecular flexibility index (Phi) is 6.99. The summed E-state index contributed by atoms with van der Waals surface area (Å²) in [5.74, 6) is 2.42. The molecule has 5 nitrogen and oxygen atoms in total. The maximum absolute atomic E-state index is 10.1. The summed E-state index contributed by atoms with van der Waals surface area (Å²) >= 11 is 0. The highest BCUT2D eigenvalue weighted by atomic mass is 16.5. The molecule has 1 aliphatic carbocycles. The first kappa shape index (κ1) is 24.0. The zero-order valence-electron chi connectivity index (χ0n) is 20.9. The number of piperidine rings is 1. The maximum atomic E-state index is 10.1. The number of aliphatic imine (C=N–C) groups is 1. The van der Waals surface area contributed by atoms with Crippen LogP contribution in [-0.4, -0.2) is 35.2 Å². The lowest BCUT2D eigenvalue weighted by Crippen LogP contribution is -2.45. The van der Waals surface area contributed by atoms with Gasteiger partial charge in [-0.15, -0.1) is 0 Å². The Hall–Kier alpha value is -3.73. The van der Waals surface area contributed by atoms with Crippen molar-refractivity contribution in [3.63, 3.8) is 0 Å². The molecule has 0 bridgehead atoms. The number of benzene rings is 3. The van der Waals surface area contributed by atoms with Gasteiger partial charge in [0.2, 0.25) is 0 Å². The number of aryl methyl sites for hydroxylation is 1. The van der Waals surface area contributed by atoms with Crippen molar-refractivity contribution in [2.24, 2.45) is 10.7 Å². The monoisotopic (exact) mass is 481 g/mol. The highest BCUT2D eigenvalue weighted by molar-refractivity contribution is 5.79. The van der Waals surface area contributed by atoms with E-state index in [1.807, 2.05) is 19.1 Å². The summed E-state index contributed by atoms with van der Waals surface area (Å²) in [5, 5.41) is 10.1. The van der Waals surface area contributed by atoms with E-state index < -0.39 is 0 Å². The smallest absolute Gasteiger partial charge is 0.196 e. The topological polar surface area (TPSA) is 71.1 Å². The molecule has 2 unspecified atom stereocenters. The van der Waals surface area contributed by atoms with Crippen LogP contribution in [0.3, 0.4) is 0 Å². The van der Waals surface area contributed by atoms with Crippen LogP contribution in [0.4, 0.5) is 0 Å². The predicted molar refractivity (Wildman–Crippen MR) is 146 cm³/mol. The van der Waals surface area contributed by atoms with E-state index in [2.05, 4.69) is 77.1 Å². The first-order valence-electron chi connectivity index (χ1n) is 12.9. The first-order valence-corrected chi connectivity index (χ1v) is 12.9. The fourth-order valence-electron chi connectivity index (χ4n) is 5.69. The van der Waals surface area contributed by atoms with Gasteiger partial charge in [-0.3, -0.25) is 0 Å². The van der Waals surface area contributed by atoms with Crippen LogP contribution in [-0.2, 0) is 6.42 Å². The molecule has 2 atom stereocenters. The number of ether oxygens (including phenoxy) is 1. The van der Waals surface area contributed by atoms with Gasteiger partial charge >= 0.3 is 0 Å². The average Bonchev–Trinajstić information content (AvgIpc) is 2.89. The molecule has 5 rings (SSSR count). The van der Waals surface area contributed by atoms with Crippen molar-refractivity contribution in [3.8, 4) is 11.5 Å². The van der Waals surface area contributed by atoms with Gasteiger partial charge in [0.15, 0.2) is 5.96 Å². The summed E-state index contributed by atoms with van der Waals surface area (Å²) in [6.45, 7) is 7.32. The van der Waals surface area contributed by atoms with Crippen LogP contribution in [0.25, 0.3) is 0 Å². The molecule has 2 aliphatic rings. The van der Waals surface area contributed by atoms with Gasteiger partial charge in [0.25, 0.3) is 0 Å². The molecule has 1 aliphatic heterocycles. The highest BCUT2D eigenvalue weighted by Gasteiger charge is 2.32. The van der Waals surface area contributed by atoms with Crippen LogP contribution in [0.2, 0.25) is 0 Å². The standard InChI is InChI=1S/C31H35N3O2/c1-21(2)33-31(32)34-18-16-27(17-19-34)36-26-12-8-23(9-13-26)30-28(22-6-4-3-5-7-22)14-10-24-20-25(35)11-15-29(24)30/h3-9,11-13,15,20,27-28,30,35H,1,10,14,16-19H2,2H3,(H2,32,33). The molecule has 0 spiro atoms. The molecular formula is C31H35N3O2. The van der Waals surface area contributed by atoms with Gasteiger partial charge in [-0.1, -0.05) is 55.1 Å². The summed E-state index contributed by atoms with van der Waals surface area (Å²) < 4.78 is 6.35. The third-order valence-corrected chi connectivity index (χ3v) is 7.43. The highest BCUT2D eigenvalue weighted by Crippen LogP contribution is 2.47. The van der Waals surface area contributed by atoms with Crippen LogP contribution in [0.5, 0.6) is 11.5 Å². The Morgan fingerprint density at radius 2 is 1.69 bits per heavy atom. The lowest BCUT2D eigenvalue weighted by Gasteiger charge is -2.35. The minimum absolute atomic E-state index is 0.167. The van der Waals surface area contributed by atoms with E-state index in [0.717, 1.165) is 50.2 Å². The second kappa shape index (κ2) is 10.5. The van der Waals surface area contributed by atoms with Crippen molar-refractivity contribution >= 4 is 5.96 Å². The van der Waals surface area contributed by atoms with Crippen LogP contribution in [0.1, 0.15) is 60.3 Å². The molecule has 5 heteroatoms. The molecule has 3 N–H and O–H groups in total. The van der Waals surface area contributed by atoms with Crippen molar-refractivity contribution < 1.29 is 9.84 Å². The van der Waals surface area contributed by atoms with Crippen LogP contribution >= 0.6 is 0 Å². The quantitative estimate of drug-likeness (QED) is 0.349. The van der Waals surface area contributed by atoms with Crippen molar-refractivity contribution in [2.75, 3.05) is 13.1 Å². The minimum Gasteiger partial charge on any atom is -0.508 e. The van der Waals surface area contributed by atoms with E-state index in [-0.39, 0.29) is 12.0 Å². The molecule has 1 saturated heterocycles. The number of guanidine groups is 1. The van der Waals surface area contributed by atoms with E-state index >= 15 is 0 Å². The number of fused-ring (bicyclic) bond motifs is 1. The second-order valence-electron chi connectivity index (χ2n) is 10.00. The molecular weight excluding hydrogens is 446 g/mol. The molecule has 1 fully saturated rings. The SMILES string of the molecule is C=C(C)N=C(N)N1CCC(Oc2ccc(C3c4ccc(O)cc4CCC3c3ccccc3)cc2)CC1. The second-order valence-corrected chi connectivity index (χ2v) is 10.00. The van der Waals surface area contributed by atoms with Gasteiger partial charge in [0.1, 0.15) is 17.6 Å². The third kappa shape index (κ3) is 5.25. The van der Waals surface area contributed by atoms with Gasteiger partial charge in [-0.05, 0) is 72.2 Å².